The smallest absolute Gasteiger partial charge is 0.263 e. The van der Waals surface area contributed by atoms with E-state index in [1.807, 2.05) is 22.6 Å². The molecule has 0 unspecified atom stereocenters. The highest BCUT2D eigenvalue weighted by atomic mass is 127. The molecule has 0 amide bonds. The molecule has 1 aromatic carbocycles. The van der Waals surface area contributed by atoms with Gasteiger partial charge in [0.2, 0.25) is 0 Å². The van der Waals surface area contributed by atoms with Crippen molar-refractivity contribution in [2.45, 2.75) is 20.3 Å². The molecule has 0 N–H and O–H groups in total. The standard InChI is InChI=1S/C10H9F2IO/c1-5-8(6(2)14)3-7(10(11)12)4-9(5)13/h3-4,10H,1-2H3. The van der Waals surface area contributed by atoms with Gasteiger partial charge in [-0.05, 0) is 54.1 Å². The van der Waals surface area contributed by atoms with E-state index in [2.05, 4.69) is 0 Å². The van der Waals surface area contributed by atoms with Gasteiger partial charge in [-0.3, -0.25) is 4.79 Å². The van der Waals surface area contributed by atoms with Gasteiger partial charge in [0.25, 0.3) is 6.43 Å². The summed E-state index contributed by atoms with van der Waals surface area (Å²) in [5.41, 5.74) is 1.06. The van der Waals surface area contributed by atoms with Crippen molar-refractivity contribution in [3.63, 3.8) is 0 Å². The lowest BCUT2D eigenvalue weighted by Crippen LogP contribution is -2.00. The largest absolute Gasteiger partial charge is 0.295 e. The Morgan fingerprint density at radius 2 is 2.00 bits per heavy atom. The molecular formula is C10H9F2IO. The number of alkyl halides is 2. The molecule has 0 aliphatic rings. The summed E-state index contributed by atoms with van der Waals surface area (Å²) < 4.78 is 25.5. The highest BCUT2D eigenvalue weighted by molar-refractivity contribution is 14.1. The topological polar surface area (TPSA) is 17.1 Å². The summed E-state index contributed by atoms with van der Waals surface area (Å²) in [6.45, 7) is 3.14. The van der Waals surface area contributed by atoms with Crippen molar-refractivity contribution in [1.82, 2.24) is 0 Å². The molecule has 76 valence electrons. The monoisotopic (exact) mass is 310 g/mol. The van der Waals surface area contributed by atoms with Gasteiger partial charge in [-0.25, -0.2) is 8.78 Å². The lowest BCUT2D eigenvalue weighted by atomic mass is 10.0. The number of rotatable bonds is 2. The molecule has 1 rings (SSSR count). The minimum Gasteiger partial charge on any atom is -0.295 e. The van der Waals surface area contributed by atoms with Gasteiger partial charge in [-0.1, -0.05) is 0 Å². The van der Waals surface area contributed by atoms with Crippen molar-refractivity contribution in [3.8, 4) is 0 Å². The number of Topliss-reactive ketones (excluding diaryl/α,β-unsaturated/α-hetero) is 1. The number of hydrogen-bond acceptors (Lipinski definition) is 1. The molecular weight excluding hydrogens is 301 g/mol. The Kier molecular flexibility index (Phi) is 3.58. The van der Waals surface area contributed by atoms with Crippen molar-refractivity contribution in [3.05, 3.63) is 32.4 Å². The number of benzene rings is 1. The van der Waals surface area contributed by atoms with Gasteiger partial charge in [0, 0.05) is 14.7 Å². The molecule has 0 saturated heterocycles. The number of ketones is 1. The molecule has 0 heterocycles. The van der Waals surface area contributed by atoms with Gasteiger partial charge in [-0.15, -0.1) is 0 Å². The van der Waals surface area contributed by atoms with Gasteiger partial charge in [-0.2, -0.15) is 0 Å². The maximum absolute atomic E-state index is 12.4. The van der Waals surface area contributed by atoms with Crippen LogP contribution in [-0.2, 0) is 0 Å². The first-order valence-corrected chi connectivity index (χ1v) is 5.10. The van der Waals surface area contributed by atoms with Crippen LogP contribution in [0.5, 0.6) is 0 Å². The predicted octanol–water partition coefficient (Wildman–Crippen LogP) is 3.74. The molecule has 0 spiro atoms. The molecule has 0 fully saturated rings. The van der Waals surface area contributed by atoms with E-state index in [4.69, 9.17) is 0 Å². The second-order valence-electron chi connectivity index (χ2n) is 3.03. The van der Waals surface area contributed by atoms with Crippen LogP contribution >= 0.6 is 22.6 Å². The molecule has 1 nitrogen and oxygen atoms in total. The summed E-state index contributed by atoms with van der Waals surface area (Å²) in [4.78, 5) is 11.1. The predicted molar refractivity (Wildman–Crippen MR) is 58.9 cm³/mol. The van der Waals surface area contributed by atoms with Gasteiger partial charge in [0.05, 0.1) is 0 Å². The fourth-order valence-electron chi connectivity index (χ4n) is 1.19. The van der Waals surface area contributed by atoms with Crippen molar-refractivity contribution in [2.24, 2.45) is 0 Å². The lowest BCUT2D eigenvalue weighted by molar-refractivity contribution is 0.101. The highest BCUT2D eigenvalue weighted by Gasteiger charge is 2.14. The molecule has 0 bridgehead atoms. The Morgan fingerprint density at radius 1 is 1.43 bits per heavy atom. The molecule has 0 saturated carbocycles. The average molecular weight is 310 g/mol. The van der Waals surface area contributed by atoms with Crippen molar-refractivity contribution >= 4 is 28.4 Å². The van der Waals surface area contributed by atoms with Crippen LogP contribution in [-0.4, -0.2) is 5.78 Å². The summed E-state index contributed by atoms with van der Waals surface area (Å²) in [6, 6.07) is 2.68. The van der Waals surface area contributed by atoms with E-state index in [1.165, 1.54) is 19.1 Å². The normalized spacial score (nSPS) is 10.7. The summed E-state index contributed by atoms with van der Waals surface area (Å²) in [6.07, 6.45) is -2.53. The van der Waals surface area contributed by atoms with Crippen molar-refractivity contribution in [1.29, 1.82) is 0 Å². The van der Waals surface area contributed by atoms with Crippen LogP contribution in [0.2, 0.25) is 0 Å². The van der Waals surface area contributed by atoms with Crippen LogP contribution in [0.3, 0.4) is 0 Å². The van der Waals surface area contributed by atoms with Gasteiger partial charge in [0.15, 0.2) is 5.78 Å². The van der Waals surface area contributed by atoms with Gasteiger partial charge in [0.1, 0.15) is 0 Å². The summed E-state index contributed by atoms with van der Waals surface area (Å²) >= 11 is 1.96. The average Bonchev–Trinajstić information content (AvgIpc) is 2.08. The third-order valence-corrected chi connectivity index (χ3v) is 3.12. The Morgan fingerprint density at radius 3 is 2.43 bits per heavy atom. The van der Waals surface area contributed by atoms with E-state index in [0.717, 1.165) is 5.56 Å². The van der Waals surface area contributed by atoms with E-state index >= 15 is 0 Å². The first-order chi connectivity index (χ1) is 6.43. The lowest BCUT2D eigenvalue weighted by Gasteiger charge is -2.08. The Balaban J connectivity index is 3.35. The maximum Gasteiger partial charge on any atom is 0.263 e. The molecule has 0 aliphatic carbocycles. The Hall–Kier alpha value is -0.520. The minimum absolute atomic E-state index is 0.0924. The van der Waals surface area contributed by atoms with E-state index in [9.17, 15) is 13.6 Å². The van der Waals surface area contributed by atoms with Crippen molar-refractivity contribution in [2.75, 3.05) is 0 Å². The number of carbonyl (C=O) groups is 1. The summed E-state index contributed by atoms with van der Waals surface area (Å²) in [7, 11) is 0. The fraction of sp³-hybridized carbons (Fsp3) is 0.300. The molecule has 0 aromatic heterocycles. The van der Waals surface area contributed by atoms with Crippen LogP contribution in [0.1, 0.15) is 34.8 Å². The zero-order valence-corrected chi connectivity index (χ0v) is 9.93. The summed E-state index contributed by atoms with van der Waals surface area (Å²) in [5, 5.41) is 0. The second kappa shape index (κ2) is 4.33. The summed E-state index contributed by atoms with van der Waals surface area (Å²) in [5.74, 6) is -0.178. The second-order valence-corrected chi connectivity index (χ2v) is 4.19. The zero-order valence-electron chi connectivity index (χ0n) is 7.77. The van der Waals surface area contributed by atoms with Crippen LogP contribution in [0, 0.1) is 10.5 Å². The van der Waals surface area contributed by atoms with Gasteiger partial charge >= 0.3 is 0 Å². The minimum atomic E-state index is -2.53. The number of carbonyl (C=O) groups excluding carboxylic acids is 1. The first kappa shape index (κ1) is 11.6. The third-order valence-electron chi connectivity index (χ3n) is 2.00. The van der Waals surface area contributed by atoms with Crippen molar-refractivity contribution < 1.29 is 13.6 Å². The van der Waals surface area contributed by atoms with E-state index in [1.54, 1.807) is 6.92 Å². The molecule has 4 heteroatoms. The SMILES string of the molecule is CC(=O)c1cc(C(F)F)cc(I)c1C. The first-order valence-electron chi connectivity index (χ1n) is 4.02. The number of hydrogen-bond donors (Lipinski definition) is 0. The van der Waals surface area contributed by atoms with Gasteiger partial charge < -0.3 is 0 Å². The maximum atomic E-state index is 12.4. The highest BCUT2D eigenvalue weighted by Crippen LogP contribution is 2.25. The third kappa shape index (κ3) is 2.29. The van der Waals surface area contributed by atoms with Crippen LogP contribution in [0.15, 0.2) is 12.1 Å². The Labute approximate surface area is 94.6 Å². The quantitative estimate of drug-likeness (QED) is 0.601. The molecule has 0 radical (unpaired) electrons. The van der Waals surface area contributed by atoms with Crippen LogP contribution in [0.4, 0.5) is 8.78 Å². The number of halogens is 3. The Bertz CT molecular complexity index is 375. The molecule has 14 heavy (non-hydrogen) atoms. The molecule has 0 atom stereocenters. The van der Waals surface area contributed by atoms with E-state index in [0.29, 0.717) is 9.13 Å². The fourth-order valence-corrected chi connectivity index (χ4v) is 1.84. The van der Waals surface area contributed by atoms with E-state index in [-0.39, 0.29) is 11.3 Å². The van der Waals surface area contributed by atoms with Crippen LogP contribution < -0.4 is 0 Å². The van der Waals surface area contributed by atoms with Crippen LogP contribution in [0.25, 0.3) is 0 Å². The molecule has 1 aromatic rings. The van der Waals surface area contributed by atoms with E-state index < -0.39 is 6.43 Å². The zero-order chi connectivity index (χ0) is 10.9. The molecule has 0 aliphatic heterocycles.